The van der Waals surface area contributed by atoms with Crippen molar-refractivity contribution in [1.82, 2.24) is 14.7 Å². The lowest BCUT2D eigenvalue weighted by atomic mass is 10.1. The van der Waals surface area contributed by atoms with Crippen molar-refractivity contribution >= 4 is 5.91 Å². The van der Waals surface area contributed by atoms with E-state index in [1.165, 1.54) is 12.1 Å². The average molecular weight is 395 g/mol. The maximum Gasteiger partial charge on any atom is 0.227 e. The van der Waals surface area contributed by atoms with Crippen LogP contribution in [0.15, 0.2) is 48.5 Å². The lowest BCUT2D eigenvalue weighted by Crippen LogP contribution is -2.34. The quantitative estimate of drug-likeness (QED) is 0.616. The summed E-state index contributed by atoms with van der Waals surface area (Å²) in [7, 11) is 0. The number of nitrogens with zero attached hydrogens (tertiary/aromatic N) is 3. The largest absolute Gasteiger partial charge is 0.335 e. The fourth-order valence-corrected chi connectivity index (χ4v) is 3.66. The summed E-state index contributed by atoms with van der Waals surface area (Å²) in [6, 6.07) is 13.1. The van der Waals surface area contributed by atoms with E-state index in [4.69, 9.17) is 0 Å². The number of carbonyl (C=O) groups is 1. The Morgan fingerprint density at radius 1 is 1.07 bits per heavy atom. The molecule has 0 unspecified atom stereocenters. The number of rotatable bonds is 6. The average Bonchev–Trinajstić information content (AvgIpc) is 3.50. The van der Waals surface area contributed by atoms with Gasteiger partial charge in [-0.25, -0.2) is 13.5 Å². The van der Waals surface area contributed by atoms with Crippen LogP contribution in [0.4, 0.5) is 8.78 Å². The van der Waals surface area contributed by atoms with Crippen LogP contribution in [0.1, 0.15) is 35.4 Å². The fourth-order valence-electron chi connectivity index (χ4n) is 3.66. The zero-order valence-corrected chi connectivity index (χ0v) is 16.5. The minimum Gasteiger partial charge on any atom is -0.335 e. The first kappa shape index (κ1) is 19.3. The highest BCUT2D eigenvalue weighted by Gasteiger charge is 2.33. The van der Waals surface area contributed by atoms with Gasteiger partial charge in [-0.2, -0.15) is 5.10 Å². The van der Waals surface area contributed by atoms with Crippen LogP contribution >= 0.6 is 0 Å². The van der Waals surface area contributed by atoms with Gasteiger partial charge in [-0.1, -0.05) is 30.3 Å². The lowest BCUT2D eigenvalue weighted by Gasteiger charge is -2.23. The van der Waals surface area contributed by atoms with E-state index in [1.807, 2.05) is 13.8 Å². The molecule has 1 fully saturated rings. The molecule has 29 heavy (non-hydrogen) atoms. The molecule has 1 saturated carbocycles. The maximum absolute atomic E-state index is 14.2. The predicted octanol–water partition coefficient (Wildman–Crippen LogP) is 4.50. The summed E-state index contributed by atoms with van der Waals surface area (Å²) in [6.07, 6.45) is 2.04. The van der Waals surface area contributed by atoms with E-state index in [0.717, 1.165) is 24.1 Å². The molecule has 2 aromatic carbocycles. The van der Waals surface area contributed by atoms with Crippen LogP contribution < -0.4 is 0 Å². The normalized spacial score (nSPS) is 13.5. The van der Waals surface area contributed by atoms with Gasteiger partial charge in [0.15, 0.2) is 0 Å². The molecule has 3 aromatic rings. The second kappa shape index (κ2) is 7.78. The van der Waals surface area contributed by atoms with Crippen molar-refractivity contribution < 1.29 is 13.6 Å². The summed E-state index contributed by atoms with van der Waals surface area (Å²) in [5.41, 5.74) is 3.10. The summed E-state index contributed by atoms with van der Waals surface area (Å²) >= 11 is 0. The summed E-state index contributed by atoms with van der Waals surface area (Å²) in [5.74, 6) is -0.726. The van der Waals surface area contributed by atoms with Gasteiger partial charge in [0.05, 0.1) is 12.1 Å². The van der Waals surface area contributed by atoms with Crippen LogP contribution in [0.5, 0.6) is 0 Å². The lowest BCUT2D eigenvalue weighted by molar-refractivity contribution is -0.131. The monoisotopic (exact) mass is 395 g/mol. The summed E-state index contributed by atoms with van der Waals surface area (Å²) in [5, 5.41) is 4.46. The van der Waals surface area contributed by atoms with E-state index in [2.05, 4.69) is 5.10 Å². The number of amides is 1. The number of para-hydroxylation sites is 1. The number of halogens is 2. The van der Waals surface area contributed by atoms with Gasteiger partial charge in [0, 0.05) is 29.4 Å². The Bertz CT molecular complexity index is 1060. The highest BCUT2D eigenvalue weighted by Crippen LogP contribution is 2.30. The van der Waals surface area contributed by atoms with Gasteiger partial charge in [0.25, 0.3) is 0 Å². The van der Waals surface area contributed by atoms with Gasteiger partial charge < -0.3 is 4.90 Å². The molecule has 1 amide bonds. The number of hydrogen-bond donors (Lipinski definition) is 0. The van der Waals surface area contributed by atoms with Crippen LogP contribution in [0, 0.1) is 25.5 Å². The second-order valence-corrected chi connectivity index (χ2v) is 7.53. The summed E-state index contributed by atoms with van der Waals surface area (Å²) in [6.45, 7) is 3.92. The molecular weight excluding hydrogens is 372 g/mol. The Hall–Kier alpha value is -3.02. The van der Waals surface area contributed by atoms with E-state index < -0.39 is 0 Å². The molecule has 0 saturated heterocycles. The molecule has 1 heterocycles. The van der Waals surface area contributed by atoms with Crippen LogP contribution in [0.3, 0.4) is 0 Å². The van der Waals surface area contributed by atoms with E-state index in [1.54, 1.807) is 46.0 Å². The number of aromatic nitrogens is 2. The van der Waals surface area contributed by atoms with Gasteiger partial charge in [0.1, 0.15) is 17.3 Å². The van der Waals surface area contributed by atoms with Crippen molar-refractivity contribution in [3.8, 4) is 5.69 Å². The van der Waals surface area contributed by atoms with Crippen LogP contribution in [0.2, 0.25) is 0 Å². The molecule has 4 nitrogen and oxygen atoms in total. The Balaban J connectivity index is 1.59. The Morgan fingerprint density at radius 3 is 2.38 bits per heavy atom. The molecule has 0 N–H and O–H groups in total. The van der Waals surface area contributed by atoms with Crippen molar-refractivity contribution in [3.05, 3.63) is 82.7 Å². The third-order valence-corrected chi connectivity index (χ3v) is 5.46. The zero-order valence-electron chi connectivity index (χ0n) is 16.5. The van der Waals surface area contributed by atoms with Crippen molar-refractivity contribution in [1.29, 1.82) is 0 Å². The van der Waals surface area contributed by atoms with Crippen molar-refractivity contribution in [2.75, 3.05) is 0 Å². The molecule has 1 aliphatic carbocycles. The van der Waals surface area contributed by atoms with Crippen LogP contribution in [-0.2, 0) is 17.8 Å². The molecule has 1 aliphatic rings. The molecule has 0 aliphatic heterocycles. The van der Waals surface area contributed by atoms with Gasteiger partial charge >= 0.3 is 0 Å². The van der Waals surface area contributed by atoms with Gasteiger partial charge in [-0.15, -0.1) is 0 Å². The highest BCUT2D eigenvalue weighted by molar-refractivity contribution is 5.80. The van der Waals surface area contributed by atoms with E-state index in [-0.39, 0.29) is 36.5 Å². The van der Waals surface area contributed by atoms with Crippen LogP contribution in [-0.4, -0.2) is 26.6 Å². The van der Waals surface area contributed by atoms with E-state index in [9.17, 15) is 13.6 Å². The summed E-state index contributed by atoms with van der Waals surface area (Å²) < 4.78 is 29.9. The third kappa shape index (κ3) is 3.92. The maximum atomic E-state index is 14.2. The zero-order chi connectivity index (χ0) is 20.5. The molecule has 6 heteroatoms. The highest BCUT2D eigenvalue weighted by atomic mass is 19.1. The molecule has 0 radical (unpaired) electrons. The van der Waals surface area contributed by atoms with E-state index >= 15 is 0 Å². The number of carbonyl (C=O) groups excluding carboxylic acids is 1. The molecule has 0 spiro atoms. The van der Waals surface area contributed by atoms with Gasteiger partial charge in [-0.05, 0) is 44.9 Å². The Kier molecular flexibility index (Phi) is 5.18. The fraction of sp³-hybridized carbons (Fsp3) is 0.304. The minimum atomic E-state index is -0.366. The van der Waals surface area contributed by atoms with Crippen LogP contribution in [0.25, 0.3) is 5.69 Å². The number of aryl methyl sites for hydroxylation is 1. The smallest absolute Gasteiger partial charge is 0.227 e. The summed E-state index contributed by atoms with van der Waals surface area (Å²) in [4.78, 5) is 14.9. The molecule has 0 bridgehead atoms. The molecule has 4 rings (SSSR count). The van der Waals surface area contributed by atoms with Crippen molar-refractivity contribution in [3.63, 3.8) is 0 Å². The standard InChI is InChI=1S/C23H23F2N3O/c1-15-19(16(2)28(26-15)22-10-6-5-9-21(22)25)13-23(29)27(18-11-12-18)14-17-7-3-4-8-20(17)24/h3-10,18H,11-14H2,1-2H3. The van der Waals surface area contributed by atoms with Gasteiger partial charge in [0.2, 0.25) is 5.91 Å². The van der Waals surface area contributed by atoms with Crippen molar-refractivity contribution in [2.45, 2.75) is 45.7 Å². The molecule has 150 valence electrons. The Morgan fingerprint density at radius 2 is 1.72 bits per heavy atom. The minimum absolute atomic E-state index is 0.0602. The molecule has 0 atom stereocenters. The predicted molar refractivity (Wildman–Crippen MR) is 107 cm³/mol. The molecular formula is C23H23F2N3O. The van der Waals surface area contributed by atoms with Crippen molar-refractivity contribution in [2.24, 2.45) is 0 Å². The molecule has 1 aromatic heterocycles. The van der Waals surface area contributed by atoms with E-state index in [0.29, 0.717) is 16.9 Å². The first-order chi connectivity index (χ1) is 14.0. The SMILES string of the molecule is Cc1nn(-c2ccccc2F)c(C)c1CC(=O)N(Cc1ccccc1F)C1CC1. The second-order valence-electron chi connectivity index (χ2n) is 7.53. The first-order valence-electron chi connectivity index (χ1n) is 9.78. The first-order valence-corrected chi connectivity index (χ1v) is 9.78. The van der Waals surface area contributed by atoms with Gasteiger partial charge in [-0.3, -0.25) is 4.79 Å². The third-order valence-electron chi connectivity index (χ3n) is 5.46. The number of benzene rings is 2. The number of hydrogen-bond acceptors (Lipinski definition) is 2. The Labute approximate surface area is 168 Å². The topological polar surface area (TPSA) is 38.1 Å².